The van der Waals surface area contributed by atoms with Crippen molar-refractivity contribution in [1.29, 1.82) is 0 Å². The van der Waals surface area contributed by atoms with Gasteiger partial charge in [0.15, 0.2) is 0 Å². The second-order valence-electron chi connectivity index (χ2n) is 12.9. The Labute approximate surface area is 230 Å². The van der Waals surface area contributed by atoms with Crippen LogP contribution >= 0.6 is 0 Å². The largest absolute Gasteiger partial charge is 0.389 e. The number of hydrogen-bond donors (Lipinski definition) is 2. The Morgan fingerprint density at radius 2 is 1.82 bits per heavy atom. The maximum Gasteiger partial charge on any atom is 0.255 e. The van der Waals surface area contributed by atoms with E-state index in [1.165, 1.54) is 16.7 Å². The predicted octanol–water partition coefficient (Wildman–Crippen LogP) is 5.19. The molecular formula is C32H39N5O2. The molecule has 2 N–H and O–H groups in total. The fraction of sp³-hybridized carbons (Fsp3) is 0.438. The van der Waals surface area contributed by atoms with E-state index in [-0.39, 0.29) is 17.1 Å². The first-order chi connectivity index (χ1) is 18.4. The van der Waals surface area contributed by atoms with Crippen LogP contribution < -0.4 is 10.5 Å². The first-order valence-corrected chi connectivity index (χ1v) is 14.0. The Morgan fingerprint density at radius 1 is 1.08 bits per heavy atom. The van der Waals surface area contributed by atoms with Gasteiger partial charge in [0.25, 0.3) is 5.56 Å². The Morgan fingerprint density at radius 3 is 2.56 bits per heavy atom. The molecule has 0 saturated heterocycles. The molecule has 4 aromatic rings. The fourth-order valence-electron chi connectivity index (χ4n) is 6.62. The molecule has 2 aromatic carbocycles. The fourth-order valence-corrected chi connectivity index (χ4v) is 6.62. The number of nitrogens with zero attached hydrogens (tertiary/aromatic N) is 4. The summed E-state index contributed by atoms with van der Waals surface area (Å²) in [6.07, 6.45) is 2.96. The average molecular weight is 526 g/mol. The standard InChI is InChI=1S/C32H39N5O2/c1-20(2)37-30-34-28(15-29(38)36(30)18-31(37,3)4)26-16-33-27-10-9-23(14-25(26)27)22-8-7-21-11-12-35(17-24(21)13-22)19-32(5,6)39/h7-10,13-16,20,33,39H,11-12,17-19H2,1-6H3. The van der Waals surface area contributed by atoms with E-state index >= 15 is 0 Å². The van der Waals surface area contributed by atoms with Gasteiger partial charge in [-0.1, -0.05) is 18.2 Å². The normalized spacial score (nSPS) is 17.2. The lowest BCUT2D eigenvalue weighted by Crippen LogP contribution is -2.45. The van der Waals surface area contributed by atoms with Crippen LogP contribution in [0.4, 0.5) is 5.95 Å². The van der Waals surface area contributed by atoms with Crippen LogP contribution in [-0.4, -0.2) is 54.8 Å². The van der Waals surface area contributed by atoms with Crippen molar-refractivity contribution in [2.45, 2.75) is 78.2 Å². The maximum atomic E-state index is 13.2. The van der Waals surface area contributed by atoms with Gasteiger partial charge in [-0.25, -0.2) is 4.98 Å². The van der Waals surface area contributed by atoms with E-state index in [1.54, 1.807) is 10.6 Å². The van der Waals surface area contributed by atoms with E-state index in [2.05, 4.69) is 78.9 Å². The van der Waals surface area contributed by atoms with Gasteiger partial charge in [-0.2, -0.15) is 0 Å². The molecule has 0 amide bonds. The molecule has 6 rings (SSSR count). The van der Waals surface area contributed by atoms with Crippen molar-refractivity contribution in [1.82, 2.24) is 19.4 Å². The third kappa shape index (κ3) is 4.68. The summed E-state index contributed by atoms with van der Waals surface area (Å²) in [5.41, 5.74) is 6.77. The van der Waals surface area contributed by atoms with E-state index in [0.717, 1.165) is 47.5 Å². The van der Waals surface area contributed by atoms with E-state index < -0.39 is 5.60 Å². The second kappa shape index (κ2) is 9.07. The predicted molar refractivity (Wildman–Crippen MR) is 158 cm³/mol. The number of H-pyrrole nitrogens is 1. The Bertz CT molecular complexity index is 1620. The van der Waals surface area contributed by atoms with Gasteiger partial charge in [-0.3, -0.25) is 14.3 Å². The SMILES string of the molecule is CC(C)N1c2nc(-c3c[nH]c4ccc(-c5ccc6c(c5)CN(CC(C)(C)O)CC6)cc34)cc(=O)n2CC1(C)C. The van der Waals surface area contributed by atoms with Gasteiger partial charge in [0.2, 0.25) is 5.95 Å². The van der Waals surface area contributed by atoms with Gasteiger partial charge in [0, 0.05) is 54.4 Å². The number of β-amino-alcohol motifs (C(OH)–C–C–N with tert-alkyl or cyclic N) is 1. The zero-order valence-corrected chi connectivity index (χ0v) is 23.9. The summed E-state index contributed by atoms with van der Waals surface area (Å²) in [6, 6.07) is 15.1. The van der Waals surface area contributed by atoms with Crippen molar-refractivity contribution in [2.24, 2.45) is 0 Å². The minimum Gasteiger partial charge on any atom is -0.389 e. The molecule has 204 valence electrons. The molecule has 0 bridgehead atoms. The quantitative estimate of drug-likeness (QED) is 0.375. The molecule has 39 heavy (non-hydrogen) atoms. The number of fused-ring (bicyclic) bond motifs is 3. The highest BCUT2D eigenvalue weighted by Crippen LogP contribution is 2.36. The van der Waals surface area contributed by atoms with Crippen LogP contribution in [0.5, 0.6) is 0 Å². The van der Waals surface area contributed by atoms with Crippen molar-refractivity contribution in [3.05, 3.63) is 70.1 Å². The molecule has 0 radical (unpaired) electrons. The van der Waals surface area contributed by atoms with Crippen LogP contribution in [-0.2, 0) is 19.5 Å². The van der Waals surface area contributed by atoms with Gasteiger partial charge in [0.05, 0.1) is 23.4 Å². The molecule has 0 atom stereocenters. The summed E-state index contributed by atoms with van der Waals surface area (Å²) in [5.74, 6) is 0.744. The lowest BCUT2D eigenvalue weighted by molar-refractivity contribution is 0.0318. The van der Waals surface area contributed by atoms with Crippen molar-refractivity contribution in [3.8, 4) is 22.4 Å². The topological polar surface area (TPSA) is 77.4 Å². The van der Waals surface area contributed by atoms with E-state index in [1.807, 2.05) is 20.0 Å². The van der Waals surface area contributed by atoms with E-state index in [4.69, 9.17) is 4.98 Å². The number of nitrogens with one attached hydrogen (secondary N) is 1. The van der Waals surface area contributed by atoms with Crippen LogP contribution in [0.15, 0.2) is 53.5 Å². The first-order valence-electron chi connectivity index (χ1n) is 14.0. The molecule has 0 saturated carbocycles. The summed E-state index contributed by atoms with van der Waals surface area (Å²) in [4.78, 5) is 26.2. The van der Waals surface area contributed by atoms with E-state index in [9.17, 15) is 9.90 Å². The van der Waals surface area contributed by atoms with Crippen molar-refractivity contribution in [3.63, 3.8) is 0 Å². The number of hydrogen-bond acceptors (Lipinski definition) is 5. The smallest absolute Gasteiger partial charge is 0.255 e. The molecule has 7 nitrogen and oxygen atoms in total. The molecule has 2 aliphatic rings. The van der Waals surface area contributed by atoms with Gasteiger partial charge in [0.1, 0.15) is 0 Å². The number of aromatic amines is 1. The van der Waals surface area contributed by atoms with Crippen molar-refractivity contribution >= 4 is 16.9 Å². The molecule has 4 heterocycles. The monoisotopic (exact) mass is 525 g/mol. The average Bonchev–Trinajstić information content (AvgIpc) is 3.39. The number of benzene rings is 2. The van der Waals surface area contributed by atoms with Crippen LogP contribution in [0.3, 0.4) is 0 Å². The molecule has 0 unspecified atom stereocenters. The number of anilines is 1. The number of aromatic nitrogens is 3. The van der Waals surface area contributed by atoms with Crippen molar-refractivity contribution in [2.75, 3.05) is 18.0 Å². The van der Waals surface area contributed by atoms with E-state index in [0.29, 0.717) is 18.8 Å². The molecule has 7 heteroatoms. The summed E-state index contributed by atoms with van der Waals surface area (Å²) < 4.78 is 1.80. The minimum absolute atomic E-state index is 0.0120. The van der Waals surface area contributed by atoms with Crippen LogP contribution in [0.1, 0.15) is 52.7 Å². The zero-order valence-electron chi connectivity index (χ0n) is 23.9. The molecule has 0 spiro atoms. The summed E-state index contributed by atoms with van der Waals surface area (Å²) >= 11 is 0. The Balaban J connectivity index is 1.38. The summed E-state index contributed by atoms with van der Waals surface area (Å²) in [7, 11) is 0. The zero-order chi connectivity index (χ0) is 27.7. The summed E-state index contributed by atoms with van der Waals surface area (Å²) in [5, 5.41) is 11.4. The van der Waals surface area contributed by atoms with Crippen LogP contribution in [0.25, 0.3) is 33.3 Å². The van der Waals surface area contributed by atoms with Gasteiger partial charge < -0.3 is 15.0 Å². The van der Waals surface area contributed by atoms with Crippen LogP contribution in [0.2, 0.25) is 0 Å². The van der Waals surface area contributed by atoms with Crippen LogP contribution in [0, 0.1) is 0 Å². The lowest BCUT2D eigenvalue weighted by Gasteiger charge is -2.35. The highest BCUT2D eigenvalue weighted by molar-refractivity contribution is 5.97. The molecule has 0 fully saturated rings. The third-order valence-corrected chi connectivity index (χ3v) is 8.12. The second-order valence-corrected chi connectivity index (χ2v) is 12.9. The molecule has 2 aliphatic heterocycles. The minimum atomic E-state index is -0.708. The van der Waals surface area contributed by atoms with Gasteiger partial charge >= 0.3 is 0 Å². The van der Waals surface area contributed by atoms with Crippen molar-refractivity contribution < 1.29 is 5.11 Å². The Hall–Kier alpha value is -3.42. The third-order valence-electron chi connectivity index (χ3n) is 8.12. The van der Waals surface area contributed by atoms with Gasteiger partial charge in [-0.05, 0) is 88.4 Å². The summed E-state index contributed by atoms with van der Waals surface area (Å²) in [6.45, 7) is 15.5. The highest BCUT2D eigenvalue weighted by atomic mass is 16.3. The lowest BCUT2D eigenvalue weighted by atomic mass is 9.93. The number of aliphatic hydroxyl groups is 1. The first kappa shape index (κ1) is 25.8. The molecule has 2 aromatic heterocycles. The van der Waals surface area contributed by atoms with Gasteiger partial charge in [-0.15, -0.1) is 0 Å². The molecular weight excluding hydrogens is 486 g/mol. The Kier molecular flexibility index (Phi) is 6.01. The maximum absolute atomic E-state index is 13.2. The highest BCUT2D eigenvalue weighted by Gasteiger charge is 2.39. The molecule has 0 aliphatic carbocycles. The number of rotatable bonds is 5.